The largest absolute Gasteiger partial charge is 0.490 e. The van der Waals surface area contributed by atoms with Crippen LogP contribution in [0.4, 0.5) is 10.5 Å². The molecule has 178 valence electrons. The summed E-state index contributed by atoms with van der Waals surface area (Å²) < 4.78 is 13.6. The van der Waals surface area contributed by atoms with E-state index in [0.717, 1.165) is 18.5 Å². The third-order valence-corrected chi connectivity index (χ3v) is 6.39. The van der Waals surface area contributed by atoms with Crippen LogP contribution in [0.2, 0.25) is 0 Å². The van der Waals surface area contributed by atoms with Gasteiger partial charge in [0, 0.05) is 4.47 Å². The molecular formula is C26H20BrIN2O5. The van der Waals surface area contributed by atoms with Gasteiger partial charge in [-0.3, -0.25) is 14.9 Å². The molecule has 0 aromatic heterocycles. The number of hydrogen-bond donors (Lipinski definition) is 1. The molecule has 0 aliphatic carbocycles. The average molecular weight is 647 g/mol. The second-order valence-corrected chi connectivity index (χ2v) is 9.55. The quantitative estimate of drug-likeness (QED) is 0.202. The first-order chi connectivity index (χ1) is 16.9. The zero-order valence-corrected chi connectivity index (χ0v) is 22.3. The van der Waals surface area contributed by atoms with Gasteiger partial charge in [0.1, 0.15) is 12.2 Å². The van der Waals surface area contributed by atoms with Crippen LogP contribution in [0.5, 0.6) is 11.5 Å². The van der Waals surface area contributed by atoms with E-state index in [4.69, 9.17) is 9.47 Å². The van der Waals surface area contributed by atoms with Crippen LogP contribution in [-0.4, -0.2) is 24.5 Å². The molecule has 1 aliphatic heterocycles. The molecule has 1 saturated heterocycles. The third-order valence-electron chi connectivity index (χ3n) is 5.06. The first kappa shape index (κ1) is 24.9. The van der Waals surface area contributed by atoms with Crippen LogP contribution >= 0.6 is 38.5 Å². The van der Waals surface area contributed by atoms with Gasteiger partial charge in [0.15, 0.2) is 11.5 Å². The monoisotopic (exact) mass is 646 g/mol. The second kappa shape index (κ2) is 11.0. The van der Waals surface area contributed by atoms with Crippen molar-refractivity contribution in [2.75, 3.05) is 11.5 Å². The van der Waals surface area contributed by atoms with Crippen LogP contribution in [0, 0.1) is 3.57 Å². The van der Waals surface area contributed by atoms with E-state index in [1.807, 2.05) is 31.2 Å². The fraction of sp³-hybridized carbons (Fsp3) is 0.115. The first-order valence-corrected chi connectivity index (χ1v) is 12.5. The summed E-state index contributed by atoms with van der Waals surface area (Å²) in [6.07, 6.45) is 1.45. The summed E-state index contributed by atoms with van der Waals surface area (Å²) in [6.45, 7) is 2.61. The molecule has 3 aromatic carbocycles. The summed E-state index contributed by atoms with van der Waals surface area (Å²) in [5.41, 5.74) is 1.77. The number of carbonyl (C=O) groups is 3. The Labute approximate surface area is 224 Å². The van der Waals surface area contributed by atoms with Crippen molar-refractivity contribution in [2.45, 2.75) is 13.5 Å². The molecule has 9 heteroatoms. The fourth-order valence-corrected chi connectivity index (χ4v) is 4.49. The highest BCUT2D eigenvalue weighted by molar-refractivity contribution is 14.1. The predicted molar refractivity (Wildman–Crippen MR) is 144 cm³/mol. The first-order valence-electron chi connectivity index (χ1n) is 10.7. The van der Waals surface area contributed by atoms with Crippen LogP contribution in [0.25, 0.3) is 6.08 Å². The van der Waals surface area contributed by atoms with E-state index < -0.39 is 17.8 Å². The van der Waals surface area contributed by atoms with Crippen molar-refractivity contribution in [3.8, 4) is 11.5 Å². The number of ether oxygens (including phenoxy) is 2. The minimum Gasteiger partial charge on any atom is -0.490 e. The van der Waals surface area contributed by atoms with E-state index in [-0.39, 0.29) is 5.57 Å². The van der Waals surface area contributed by atoms with Crippen LogP contribution < -0.4 is 19.7 Å². The van der Waals surface area contributed by atoms with Crippen molar-refractivity contribution in [2.24, 2.45) is 0 Å². The van der Waals surface area contributed by atoms with Gasteiger partial charge in [0.25, 0.3) is 11.8 Å². The number of benzene rings is 3. The summed E-state index contributed by atoms with van der Waals surface area (Å²) in [5.74, 6) is -0.398. The molecule has 0 radical (unpaired) electrons. The standard InChI is InChI=1S/C26H20BrIN2O5/c1-2-34-22-14-17(13-21(28)23(22)35-15-16-8-10-18(27)11-9-16)12-20-24(31)29-26(33)30(25(20)32)19-6-4-3-5-7-19/h3-14H,2,15H2,1H3,(H,29,31,33)/b20-12+. The molecule has 1 N–H and O–H groups in total. The van der Waals surface area contributed by atoms with Gasteiger partial charge in [-0.1, -0.05) is 46.3 Å². The van der Waals surface area contributed by atoms with Crippen molar-refractivity contribution in [1.82, 2.24) is 5.32 Å². The lowest BCUT2D eigenvalue weighted by Crippen LogP contribution is -2.54. The van der Waals surface area contributed by atoms with Crippen molar-refractivity contribution in [1.29, 1.82) is 0 Å². The Morgan fingerprint density at radius 2 is 1.71 bits per heavy atom. The second-order valence-electron chi connectivity index (χ2n) is 7.47. The molecule has 0 bridgehead atoms. The molecule has 1 fully saturated rings. The number of halogens is 2. The zero-order chi connectivity index (χ0) is 24.9. The Kier molecular flexibility index (Phi) is 7.86. The Morgan fingerprint density at radius 3 is 2.40 bits per heavy atom. The number of hydrogen-bond acceptors (Lipinski definition) is 5. The number of para-hydroxylation sites is 1. The lowest BCUT2D eigenvalue weighted by atomic mass is 10.1. The summed E-state index contributed by atoms with van der Waals surface area (Å²) in [6, 6.07) is 19.0. The van der Waals surface area contributed by atoms with Gasteiger partial charge in [-0.25, -0.2) is 9.69 Å². The molecule has 0 unspecified atom stereocenters. The third kappa shape index (κ3) is 5.73. The predicted octanol–water partition coefficient (Wildman–Crippen LogP) is 5.70. The van der Waals surface area contributed by atoms with Gasteiger partial charge in [0.2, 0.25) is 0 Å². The molecule has 3 aromatic rings. The number of carbonyl (C=O) groups excluding carboxylic acids is 3. The van der Waals surface area contributed by atoms with Crippen molar-refractivity contribution in [3.05, 3.63) is 91.5 Å². The molecule has 1 aliphatic rings. The van der Waals surface area contributed by atoms with Gasteiger partial charge >= 0.3 is 6.03 Å². The molecule has 0 saturated carbocycles. The number of imide groups is 2. The number of nitrogens with zero attached hydrogens (tertiary/aromatic N) is 1. The van der Waals surface area contributed by atoms with Crippen LogP contribution in [-0.2, 0) is 16.2 Å². The van der Waals surface area contributed by atoms with E-state index in [1.54, 1.807) is 42.5 Å². The van der Waals surface area contributed by atoms with Gasteiger partial charge < -0.3 is 9.47 Å². The van der Waals surface area contributed by atoms with E-state index in [2.05, 4.69) is 43.8 Å². The fourth-order valence-electron chi connectivity index (χ4n) is 3.45. The molecule has 4 rings (SSSR count). The minimum atomic E-state index is -0.787. The number of amides is 4. The summed E-state index contributed by atoms with van der Waals surface area (Å²) in [5, 5.41) is 2.23. The number of anilines is 1. The summed E-state index contributed by atoms with van der Waals surface area (Å²) >= 11 is 5.55. The number of urea groups is 1. The Bertz CT molecular complexity index is 1310. The minimum absolute atomic E-state index is 0.157. The van der Waals surface area contributed by atoms with Crippen LogP contribution in [0.15, 0.2) is 76.8 Å². The maximum Gasteiger partial charge on any atom is 0.335 e. The Hall–Kier alpha value is -3.18. The normalized spacial score (nSPS) is 14.8. The molecule has 7 nitrogen and oxygen atoms in total. The maximum atomic E-state index is 13.1. The van der Waals surface area contributed by atoms with E-state index in [0.29, 0.717) is 36.0 Å². The van der Waals surface area contributed by atoms with Gasteiger partial charge in [-0.2, -0.15) is 0 Å². The smallest absolute Gasteiger partial charge is 0.335 e. The van der Waals surface area contributed by atoms with E-state index in [1.165, 1.54) is 6.08 Å². The highest BCUT2D eigenvalue weighted by atomic mass is 127. The molecule has 0 atom stereocenters. The van der Waals surface area contributed by atoms with Crippen LogP contribution in [0.3, 0.4) is 0 Å². The summed E-state index contributed by atoms with van der Waals surface area (Å²) in [4.78, 5) is 39.0. The zero-order valence-electron chi connectivity index (χ0n) is 18.6. The van der Waals surface area contributed by atoms with E-state index in [9.17, 15) is 14.4 Å². The molecule has 0 spiro atoms. The highest BCUT2D eigenvalue weighted by Crippen LogP contribution is 2.36. The molecule has 35 heavy (non-hydrogen) atoms. The summed E-state index contributed by atoms with van der Waals surface area (Å²) in [7, 11) is 0. The van der Waals surface area contributed by atoms with Gasteiger partial charge in [-0.15, -0.1) is 0 Å². The molecule has 4 amide bonds. The number of rotatable bonds is 7. The SMILES string of the molecule is CCOc1cc(/C=C2\C(=O)NC(=O)N(c3ccccc3)C2=O)cc(I)c1OCc1ccc(Br)cc1. The Balaban J connectivity index is 1.65. The van der Waals surface area contributed by atoms with E-state index >= 15 is 0 Å². The average Bonchev–Trinajstić information content (AvgIpc) is 2.83. The molecule has 1 heterocycles. The van der Waals surface area contributed by atoms with Crippen molar-refractivity contribution < 1.29 is 23.9 Å². The lowest BCUT2D eigenvalue weighted by Gasteiger charge is -2.26. The van der Waals surface area contributed by atoms with Crippen molar-refractivity contribution >= 4 is 68.1 Å². The Morgan fingerprint density at radius 1 is 1.00 bits per heavy atom. The van der Waals surface area contributed by atoms with Crippen LogP contribution in [0.1, 0.15) is 18.1 Å². The van der Waals surface area contributed by atoms with Gasteiger partial charge in [0.05, 0.1) is 15.9 Å². The van der Waals surface area contributed by atoms with Gasteiger partial charge in [-0.05, 0) is 83.1 Å². The lowest BCUT2D eigenvalue weighted by molar-refractivity contribution is -0.122. The number of nitrogens with one attached hydrogen (secondary N) is 1. The van der Waals surface area contributed by atoms with Crippen molar-refractivity contribution in [3.63, 3.8) is 0 Å². The highest BCUT2D eigenvalue weighted by Gasteiger charge is 2.36. The number of barbiturate groups is 1. The topological polar surface area (TPSA) is 84.9 Å². The molecular weight excluding hydrogens is 627 g/mol. The maximum absolute atomic E-state index is 13.1.